The smallest absolute Gasteiger partial charge is 0.338 e. The molecule has 1 heterocycles. The molecule has 1 aliphatic rings. The number of sulfonamides is 1. The van der Waals surface area contributed by atoms with E-state index in [1.165, 1.54) is 16.4 Å². The van der Waals surface area contributed by atoms with E-state index in [-0.39, 0.29) is 11.3 Å². The van der Waals surface area contributed by atoms with Gasteiger partial charge in [-0.05, 0) is 61.7 Å². The van der Waals surface area contributed by atoms with E-state index in [0.29, 0.717) is 24.3 Å². The molecule has 7 nitrogen and oxygen atoms in total. The lowest BCUT2D eigenvalue weighted by Gasteiger charge is -2.17. The highest BCUT2D eigenvalue weighted by Crippen LogP contribution is 2.25. The SMILES string of the molecule is Cc1ccc(NC(=O)COC(=O)c2cccc(N3CCCS3(=O)=O)c2)cc1C. The second-order valence-electron chi connectivity index (χ2n) is 6.72. The zero-order valence-electron chi connectivity index (χ0n) is 15.8. The fourth-order valence-corrected chi connectivity index (χ4v) is 4.50. The number of anilines is 2. The quantitative estimate of drug-likeness (QED) is 0.776. The maximum atomic E-state index is 12.3. The summed E-state index contributed by atoms with van der Waals surface area (Å²) in [6.45, 7) is 3.87. The fourth-order valence-electron chi connectivity index (χ4n) is 2.95. The van der Waals surface area contributed by atoms with Gasteiger partial charge in [0.2, 0.25) is 10.0 Å². The lowest BCUT2D eigenvalue weighted by atomic mass is 10.1. The first-order valence-electron chi connectivity index (χ1n) is 8.91. The predicted octanol–water partition coefficient (Wildman–Crippen LogP) is 2.64. The second-order valence-corrected chi connectivity index (χ2v) is 8.73. The molecule has 2 aromatic carbocycles. The van der Waals surface area contributed by atoms with Gasteiger partial charge in [-0.2, -0.15) is 0 Å². The Morgan fingerprint density at radius 1 is 1.11 bits per heavy atom. The minimum absolute atomic E-state index is 0.0975. The molecule has 8 heteroatoms. The van der Waals surface area contributed by atoms with E-state index >= 15 is 0 Å². The standard InChI is InChI=1S/C20H22N2O5S/c1-14-7-8-17(11-15(14)2)21-19(23)13-27-20(24)16-5-3-6-18(12-16)22-9-4-10-28(22,25)26/h3,5-8,11-12H,4,9-10,13H2,1-2H3,(H,21,23). The van der Waals surface area contributed by atoms with Crippen molar-refractivity contribution >= 4 is 33.3 Å². The van der Waals surface area contributed by atoms with Gasteiger partial charge in [-0.15, -0.1) is 0 Å². The zero-order chi connectivity index (χ0) is 20.3. The number of hydrogen-bond acceptors (Lipinski definition) is 5. The summed E-state index contributed by atoms with van der Waals surface area (Å²) in [5.41, 5.74) is 3.41. The van der Waals surface area contributed by atoms with E-state index in [9.17, 15) is 18.0 Å². The van der Waals surface area contributed by atoms with Gasteiger partial charge in [-0.1, -0.05) is 12.1 Å². The lowest BCUT2D eigenvalue weighted by Crippen LogP contribution is -2.25. The van der Waals surface area contributed by atoms with Crippen molar-refractivity contribution in [3.05, 3.63) is 59.2 Å². The number of rotatable bonds is 5. The van der Waals surface area contributed by atoms with Crippen LogP contribution in [-0.2, 0) is 19.6 Å². The number of carbonyl (C=O) groups excluding carboxylic acids is 2. The molecule has 2 aromatic rings. The van der Waals surface area contributed by atoms with E-state index in [1.807, 2.05) is 26.0 Å². The molecule has 1 aliphatic heterocycles. The highest BCUT2D eigenvalue weighted by Gasteiger charge is 2.28. The minimum Gasteiger partial charge on any atom is -0.452 e. The van der Waals surface area contributed by atoms with Crippen molar-refractivity contribution in [1.29, 1.82) is 0 Å². The molecule has 1 N–H and O–H groups in total. The molecule has 0 radical (unpaired) electrons. The van der Waals surface area contributed by atoms with Crippen LogP contribution >= 0.6 is 0 Å². The summed E-state index contributed by atoms with van der Waals surface area (Å²) in [6, 6.07) is 11.7. The van der Waals surface area contributed by atoms with Gasteiger partial charge in [0, 0.05) is 12.2 Å². The Morgan fingerprint density at radius 3 is 2.57 bits per heavy atom. The van der Waals surface area contributed by atoms with Crippen molar-refractivity contribution in [2.75, 3.05) is 28.5 Å². The van der Waals surface area contributed by atoms with Crippen LogP contribution in [0.25, 0.3) is 0 Å². The number of hydrogen-bond donors (Lipinski definition) is 1. The van der Waals surface area contributed by atoms with Crippen LogP contribution in [0.3, 0.4) is 0 Å². The lowest BCUT2D eigenvalue weighted by molar-refractivity contribution is -0.119. The van der Waals surface area contributed by atoms with Crippen molar-refractivity contribution in [3.63, 3.8) is 0 Å². The number of nitrogens with one attached hydrogen (secondary N) is 1. The average molecular weight is 402 g/mol. The van der Waals surface area contributed by atoms with Gasteiger partial charge in [0.15, 0.2) is 6.61 Å². The summed E-state index contributed by atoms with van der Waals surface area (Å²) in [6.07, 6.45) is 0.551. The maximum Gasteiger partial charge on any atom is 0.338 e. The van der Waals surface area contributed by atoms with Gasteiger partial charge in [-0.3, -0.25) is 9.10 Å². The number of benzene rings is 2. The van der Waals surface area contributed by atoms with E-state index in [1.54, 1.807) is 18.2 Å². The maximum absolute atomic E-state index is 12.3. The van der Waals surface area contributed by atoms with Crippen molar-refractivity contribution in [3.8, 4) is 0 Å². The zero-order valence-corrected chi connectivity index (χ0v) is 16.6. The van der Waals surface area contributed by atoms with Crippen LogP contribution in [0.4, 0.5) is 11.4 Å². The molecule has 1 amide bonds. The summed E-state index contributed by atoms with van der Waals surface area (Å²) in [7, 11) is -3.33. The summed E-state index contributed by atoms with van der Waals surface area (Å²) < 4.78 is 30.4. The van der Waals surface area contributed by atoms with Crippen LogP contribution in [0.5, 0.6) is 0 Å². The Bertz CT molecular complexity index is 1020. The largest absolute Gasteiger partial charge is 0.452 e. The first-order chi connectivity index (χ1) is 13.3. The van der Waals surface area contributed by atoms with E-state index in [4.69, 9.17) is 4.74 Å². The molecule has 0 unspecified atom stereocenters. The molecular formula is C20H22N2O5S. The molecule has 0 aromatic heterocycles. The molecule has 28 heavy (non-hydrogen) atoms. The highest BCUT2D eigenvalue weighted by atomic mass is 32.2. The van der Waals surface area contributed by atoms with E-state index in [0.717, 1.165) is 11.1 Å². The summed E-state index contributed by atoms with van der Waals surface area (Å²) in [5.74, 6) is -1.04. The molecule has 148 valence electrons. The third-order valence-corrected chi connectivity index (χ3v) is 6.46. The van der Waals surface area contributed by atoms with Crippen molar-refractivity contribution < 1.29 is 22.7 Å². The van der Waals surface area contributed by atoms with Gasteiger partial charge in [0.25, 0.3) is 5.91 Å². The summed E-state index contributed by atoms with van der Waals surface area (Å²) in [5, 5.41) is 2.68. The number of ether oxygens (including phenoxy) is 1. The molecule has 1 fully saturated rings. The van der Waals surface area contributed by atoms with Crippen LogP contribution in [0.15, 0.2) is 42.5 Å². The van der Waals surface area contributed by atoms with Gasteiger partial charge in [0.1, 0.15) is 0 Å². The third kappa shape index (κ3) is 4.51. The van der Waals surface area contributed by atoms with Crippen molar-refractivity contribution in [1.82, 2.24) is 0 Å². The van der Waals surface area contributed by atoms with Crippen LogP contribution in [0, 0.1) is 13.8 Å². The van der Waals surface area contributed by atoms with Crippen molar-refractivity contribution in [2.24, 2.45) is 0 Å². The monoisotopic (exact) mass is 402 g/mol. The van der Waals surface area contributed by atoms with Gasteiger partial charge in [0.05, 0.1) is 17.0 Å². The first-order valence-corrected chi connectivity index (χ1v) is 10.5. The number of esters is 1. The molecule has 0 bridgehead atoms. The molecule has 0 saturated carbocycles. The topological polar surface area (TPSA) is 92.8 Å². The van der Waals surface area contributed by atoms with Gasteiger partial charge < -0.3 is 10.1 Å². The number of nitrogens with zero attached hydrogens (tertiary/aromatic N) is 1. The molecular weight excluding hydrogens is 380 g/mol. The predicted molar refractivity (Wildman–Crippen MR) is 107 cm³/mol. The fraction of sp³-hybridized carbons (Fsp3) is 0.300. The third-order valence-electron chi connectivity index (χ3n) is 4.59. The van der Waals surface area contributed by atoms with Gasteiger partial charge >= 0.3 is 5.97 Å². The number of aryl methyl sites for hydroxylation is 2. The second kappa shape index (κ2) is 8.02. The molecule has 0 aliphatic carbocycles. The van der Waals surface area contributed by atoms with Crippen LogP contribution in [0.1, 0.15) is 27.9 Å². The Hall–Kier alpha value is -2.87. The molecule has 0 spiro atoms. The average Bonchev–Trinajstić information content (AvgIpc) is 3.02. The first kappa shape index (κ1) is 19.9. The Balaban J connectivity index is 1.61. The molecule has 1 saturated heterocycles. The number of carbonyl (C=O) groups is 2. The summed E-state index contributed by atoms with van der Waals surface area (Å²) >= 11 is 0. The van der Waals surface area contributed by atoms with Crippen LogP contribution < -0.4 is 9.62 Å². The normalized spacial score (nSPS) is 15.3. The van der Waals surface area contributed by atoms with Crippen LogP contribution in [0.2, 0.25) is 0 Å². The molecule has 0 atom stereocenters. The van der Waals surface area contributed by atoms with Gasteiger partial charge in [-0.25, -0.2) is 13.2 Å². The van der Waals surface area contributed by atoms with E-state index < -0.39 is 28.5 Å². The Labute approximate surface area is 164 Å². The summed E-state index contributed by atoms with van der Waals surface area (Å²) in [4.78, 5) is 24.3. The van der Waals surface area contributed by atoms with Crippen molar-refractivity contribution in [2.45, 2.75) is 20.3 Å². The Kier molecular flexibility index (Phi) is 5.69. The van der Waals surface area contributed by atoms with Crippen LogP contribution in [-0.4, -0.2) is 39.2 Å². The minimum atomic E-state index is -3.33. The highest BCUT2D eigenvalue weighted by molar-refractivity contribution is 7.93. The Morgan fingerprint density at radius 2 is 1.89 bits per heavy atom. The molecule has 3 rings (SSSR count). The van der Waals surface area contributed by atoms with E-state index in [2.05, 4.69) is 5.32 Å². The number of amides is 1.